The van der Waals surface area contributed by atoms with Crippen molar-refractivity contribution in [3.8, 4) is 0 Å². The molecule has 0 heterocycles. The van der Waals surface area contributed by atoms with Crippen LogP contribution in [0.4, 0.5) is 0 Å². The van der Waals surface area contributed by atoms with E-state index in [0.717, 1.165) is 6.42 Å². The van der Waals surface area contributed by atoms with E-state index in [1.165, 1.54) is 5.20 Å². The summed E-state index contributed by atoms with van der Waals surface area (Å²) in [6.45, 7) is 3.46. The molecule has 1 aliphatic carbocycles. The zero-order chi connectivity index (χ0) is 6.91. The van der Waals surface area contributed by atoms with Crippen molar-refractivity contribution in [2.45, 2.75) is 19.5 Å². The second-order valence-electron chi connectivity index (χ2n) is 2.77. The van der Waals surface area contributed by atoms with Gasteiger partial charge in [-0.3, -0.25) is 0 Å². The Bertz CT molecular complexity index is 162. The summed E-state index contributed by atoms with van der Waals surface area (Å²) in [5.41, 5.74) is 0. The average Bonchev–Trinajstić information content (AvgIpc) is 2.08. The Hall–Kier alpha value is 0.177. The van der Waals surface area contributed by atoms with Crippen molar-refractivity contribution in [3.63, 3.8) is 0 Å². The zero-order valence-electron chi connectivity index (χ0n) is 5.82. The molecule has 0 aliphatic heterocycles. The van der Waals surface area contributed by atoms with Crippen molar-refractivity contribution in [3.05, 3.63) is 23.4 Å². The second-order valence-corrected chi connectivity index (χ2v) is 12.2. The predicted molar refractivity (Wildman–Crippen MR) is 48.2 cm³/mol. The van der Waals surface area contributed by atoms with Crippen LogP contribution in [0.25, 0.3) is 0 Å². The van der Waals surface area contributed by atoms with Gasteiger partial charge in [0.1, 0.15) is 0 Å². The number of hydrogen-bond acceptors (Lipinski definition) is 0. The summed E-state index contributed by atoms with van der Waals surface area (Å²) in [4.78, 5) is 0. The second kappa shape index (κ2) is 2.43. The van der Waals surface area contributed by atoms with E-state index in [9.17, 15) is 0 Å². The molecule has 0 aromatic rings. The minimum Gasteiger partial charge on any atom is -0.121 e. The molecule has 50 valence electrons. The zero-order valence-corrected chi connectivity index (χ0v) is 8.40. The van der Waals surface area contributed by atoms with Gasteiger partial charge in [-0.05, 0) is 6.42 Å². The van der Waals surface area contributed by atoms with Gasteiger partial charge in [-0.2, -0.15) is 0 Å². The molecule has 0 radical (unpaired) electrons. The van der Waals surface area contributed by atoms with Crippen LogP contribution in [0.3, 0.4) is 0 Å². The molecule has 0 saturated heterocycles. The van der Waals surface area contributed by atoms with Gasteiger partial charge in [0.2, 0.25) is 0 Å². The number of halogens is 1. The highest BCUT2D eigenvalue weighted by Gasteiger charge is 2.20. The molecule has 0 nitrogen and oxygen atoms in total. The van der Waals surface area contributed by atoms with Crippen LogP contribution < -0.4 is 0 Å². The molecule has 1 aliphatic rings. The molecule has 2 heteroatoms. The molecule has 0 spiro atoms. The largest absolute Gasteiger partial charge is 0.154 e. The molecule has 0 fully saturated rings. The van der Waals surface area contributed by atoms with Gasteiger partial charge in [0.05, 0.1) is 0 Å². The first-order chi connectivity index (χ1) is 4.11. The van der Waals surface area contributed by atoms with E-state index in [1.807, 2.05) is 0 Å². The Labute approximate surface area is 65.2 Å². The van der Waals surface area contributed by atoms with Crippen molar-refractivity contribution in [1.82, 2.24) is 0 Å². The maximum atomic E-state index is 3.72. The summed E-state index contributed by atoms with van der Waals surface area (Å²) in [6.07, 6.45) is 7.89. The molecule has 0 aromatic heterocycles. The van der Waals surface area contributed by atoms with E-state index in [0.29, 0.717) is 0 Å². The first kappa shape index (κ1) is 7.29. The fourth-order valence-electron chi connectivity index (χ4n) is 0.899. The lowest BCUT2D eigenvalue weighted by atomic mass is 10.5. The Morgan fingerprint density at radius 3 is 2.44 bits per heavy atom. The minimum atomic E-state index is -1.14. The fourth-order valence-corrected chi connectivity index (χ4v) is 2.90. The van der Waals surface area contributed by atoms with Crippen molar-refractivity contribution < 1.29 is 0 Å². The van der Waals surface area contributed by atoms with Gasteiger partial charge in [0.25, 0.3) is 0 Å². The van der Waals surface area contributed by atoms with Gasteiger partial charge in [0, 0.05) is 0 Å². The van der Waals surface area contributed by atoms with Gasteiger partial charge in [0.15, 0.2) is 6.69 Å². The lowest BCUT2D eigenvalue weighted by Crippen LogP contribution is -2.17. The smallest absolute Gasteiger partial charge is 0.121 e. The molecular weight excluding hydrogens is 192 g/mol. The van der Waals surface area contributed by atoms with Gasteiger partial charge < -0.3 is 0 Å². The van der Waals surface area contributed by atoms with Crippen LogP contribution >= 0.6 is 15.3 Å². The summed E-state index contributed by atoms with van der Waals surface area (Å²) in [5, 5.41) is 1.53. The molecular formula is C7H11BrSi. The highest BCUT2D eigenvalue weighted by atomic mass is 79.9. The predicted octanol–water partition coefficient (Wildman–Crippen LogP) is 3.01. The molecule has 0 aromatic carbocycles. The third kappa shape index (κ3) is 1.80. The van der Waals surface area contributed by atoms with E-state index in [4.69, 9.17) is 0 Å². The van der Waals surface area contributed by atoms with Crippen LogP contribution in [0, 0.1) is 0 Å². The topological polar surface area (TPSA) is 0 Å². The van der Waals surface area contributed by atoms with Crippen LogP contribution in [-0.4, -0.2) is 6.69 Å². The summed E-state index contributed by atoms with van der Waals surface area (Å²) >= 11 is 3.72. The Kier molecular flexibility index (Phi) is 1.96. The fraction of sp³-hybridized carbons (Fsp3) is 0.429. The normalized spacial score (nSPS) is 18.3. The van der Waals surface area contributed by atoms with Gasteiger partial charge >= 0.3 is 0 Å². The molecule has 0 bridgehead atoms. The van der Waals surface area contributed by atoms with Crippen molar-refractivity contribution in [1.29, 1.82) is 0 Å². The molecule has 0 amide bonds. The van der Waals surface area contributed by atoms with E-state index < -0.39 is 6.69 Å². The first-order valence-corrected chi connectivity index (χ1v) is 8.42. The number of rotatable bonds is 1. The van der Waals surface area contributed by atoms with Crippen LogP contribution in [0.1, 0.15) is 6.42 Å². The third-order valence-corrected chi connectivity index (χ3v) is 4.57. The monoisotopic (exact) mass is 202 g/mol. The van der Waals surface area contributed by atoms with Crippen LogP contribution in [0.2, 0.25) is 13.1 Å². The molecule has 0 atom stereocenters. The first-order valence-electron chi connectivity index (χ1n) is 3.17. The molecule has 1 rings (SSSR count). The summed E-state index contributed by atoms with van der Waals surface area (Å²) in [5.74, 6) is 0. The standard InChI is InChI=1S/C7H11BrSi/c1-9(2,8)7-5-3-4-6-7/h3,5-6H,4H2,1-2H3. The van der Waals surface area contributed by atoms with Crippen molar-refractivity contribution in [2.75, 3.05) is 0 Å². The van der Waals surface area contributed by atoms with Crippen LogP contribution in [0.15, 0.2) is 23.4 Å². The quantitative estimate of drug-likeness (QED) is 0.454. The molecule has 0 unspecified atom stereocenters. The van der Waals surface area contributed by atoms with Gasteiger partial charge in [-0.15, -0.1) is 15.3 Å². The van der Waals surface area contributed by atoms with E-state index in [2.05, 4.69) is 46.6 Å². The van der Waals surface area contributed by atoms with E-state index in [-0.39, 0.29) is 0 Å². The van der Waals surface area contributed by atoms with E-state index >= 15 is 0 Å². The average molecular weight is 203 g/mol. The lowest BCUT2D eigenvalue weighted by molar-refractivity contribution is 1.45. The van der Waals surface area contributed by atoms with Crippen molar-refractivity contribution >= 4 is 22.0 Å². The molecule has 9 heavy (non-hydrogen) atoms. The molecule has 0 saturated carbocycles. The van der Waals surface area contributed by atoms with E-state index in [1.54, 1.807) is 0 Å². The Morgan fingerprint density at radius 1 is 1.56 bits per heavy atom. The minimum absolute atomic E-state index is 1.14. The van der Waals surface area contributed by atoms with Gasteiger partial charge in [-0.25, -0.2) is 0 Å². The number of allylic oxidation sites excluding steroid dienone is 4. The number of hydrogen-bond donors (Lipinski definition) is 0. The lowest BCUT2D eigenvalue weighted by Gasteiger charge is -2.12. The maximum absolute atomic E-state index is 3.72. The summed E-state index contributed by atoms with van der Waals surface area (Å²) in [6, 6.07) is 0. The van der Waals surface area contributed by atoms with Crippen LogP contribution in [-0.2, 0) is 0 Å². The van der Waals surface area contributed by atoms with Crippen molar-refractivity contribution in [2.24, 2.45) is 0 Å². The van der Waals surface area contributed by atoms with Crippen LogP contribution in [0.5, 0.6) is 0 Å². The highest BCUT2D eigenvalue weighted by molar-refractivity contribution is 9.26. The third-order valence-electron chi connectivity index (χ3n) is 1.46. The highest BCUT2D eigenvalue weighted by Crippen LogP contribution is 2.25. The SMILES string of the molecule is C[Si](C)(Br)C1=CCC=C1. The molecule has 0 N–H and O–H groups in total. The maximum Gasteiger partial charge on any atom is 0.154 e. The van der Waals surface area contributed by atoms with Gasteiger partial charge in [-0.1, -0.05) is 36.5 Å². The summed E-state index contributed by atoms with van der Waals surface area (Å²) in [7, 11) is 0. The Morgan fingerprint density at radius 2 is 2.22 bits per heavy atom. The Balaban J connectivity index is 2.73. The summed E-state index contributed by atoms with van der Waals surface area (Å²) < 4.78 is 0.